The van der Waals surface area contributed by atoms with Crippen LogP contribution >= 0.6 is 23.2 Å². The minimum atomic E-state index is -0.497. The monoisotopic (exact) mass is 271 g/mol. The molecular formula is C11H7Cl2NO3. The number of hydrogen-bond donors (Lipinski definition) is 2. The first kappa shape index (κ1) is 11.8. The van der Waals surface area contributed by atoms with Crippen molar-refractivity contribution in [3.8, 4) is 5.75 Å². The van der Waals surface area contributed by atoms with Crippen LogP contribution in [-0.4, -0.2) is 11.0 Å². The van der Waals surface area contributed by atoms with E-state index in [1.807, 2.05) is 0 Å². The Morgan fingerprint density at radius 1 is 1.35 bits per heavy atom. The first-order valence-electron chi connectivity index (χ1n) is 4.61. The van der Waals surface area contributed by atoms with E-state index in [0.717, 1.165) is 0 Å². The first-order chi connectivity index (χ1) is 8.08. The maximum atomic E-state index is 11.6. The highest BCUT2D eigenvalue weighted by molar-refractivity contribution is 6.36. The van der Waals surface area contributed by atoms with E-state index in [0.29, 0.717) is 5.02 Å². The minimum Gasteiger partial charge on any atom is -0.504 e. The van der Waals surface area contributed by atoms with Gasteiger partial charge >= 0.3 is 0 Å². The average Bonchev–Trinajstić information content (AvgIpc) is 2.78. The SMILES string of the molecule is O=C(Nc1cc(Cl)cc(Cl)c1O)c1ccco1. The molecule has 0 saturated carbocycles. The lowest BCUT2D eigenvalue weighted by atomic mass is 10.3. The van der Waals surface area contributed by atoms with E-state index < -0.39 is 5.91 Å². The average molecular weight is 272 g/mol. The van der Waals surface area contributed by atoms with Crippen molar-refractivity contribution in [1.29, 1.82) is 0 Å². The van der Waals surface area contributed by atoms with Crippen molar-refractivity contribution in [2.45, 2.75) is 0 Å². The summed E-state index contributed by atoms with van der Waals surface area (Å²) in [4.78, 5) is 11.6. The van der Waals surface area contributed by atoms with Crippen molar-refractivity contribution in [1.82, 2.24) is 0 Å². The van der Waals surface area contributed by atoms with E-state index in [9.17, 15) is 9.90 Å². The molecule has 2 aromatic rings. The van der Waals surface area contributed by atoms with E-state index in [1.165, 1.54) is 24.5 Å². The van der Waals surface area contributed by atoms with Crippen molar-refractivity contribution in [2.24, 2.45) is 0 Å². The van der Waals surface area contributed by atoms with E-state index in [4.69, 9.17) is 27.6 Å². The zero-order chi connectivity index (χ0) is 12.4. The normalized spacial score (nSPS) is 10.2. The number of phenolic OH excluding ortho intramolecular Hbond substituents is 1. The van der Waals surface area contributed by atoms with E-state index in [2.05, 4.69) is 5.32 Å². The van der Waals surface area contributed by atoms with Gasteiger partial charge in [0, 0.05) is 5.02 Å². The molecule has 1 amide bonds. The third-order valence-corrected chi connectivity index (χ3v) is 2.53. The van der Waals surface area contributed by atoms with E-state index in [-0.39, 0.29) is 22.2 Å². The smallest absolute Gasteiger partial charge is 0.291 e. The standard InChI is InChI=1S/C11H7Cl2NO3/c12-6-4-7(13)10(15)8(5-6)14-11(16)9-2-1-3-17-9/h1-5,15H,(H,14,16). The number of benzene rings is 1. The van der Waals surface area contributed by atoms with Crippen molar-refractivity contribution in [3.05, 3.63) is 46.3 Å². The molecule has 0 aliphatic heterocycles. The zero-order valence-electron chi connectivity index (χ0n) is 8.41. The lowest BCUT2D eigenvalue weighted by Crippen LogP contribution is -2.10. The van der Waals surface area contributed by atoms with E-state index >= 15 is 0 Å². The molecule has 0 spiro atoms. The van der Waals surface area contributed by atoms with Gasteiger partial charge in [0.05, 0.1) is 17.0 Å². The predicted octanol–water partition coefficient (Wildman–Crippen LogP) is 3.54. The van der Waals surface area contributed by atoms with Gasteiger partial charge in [-0.25, -0.2) is 0 Å². The number of rotatable bonds is 2. The molecule has 0 fully saturated rings. The van der Waals surface area contributed by atoms with Crippen LogP contribution in [0.5, 0.6) is 5.75 Å². The van der Waals surface area contributed by atoms with Crippen LogP contribution in [0.1, 0.15) is 10.6 Å². The highest BCUT2D eigenvalue weighted by Crippen LogP contribution is 2.35. The number of amides is 1. The lowest BCUT2D eigenvalue weighted by molar-refractivity contribution is 0.0996. The lowest BCUT2D eigenvalue weighted by Gasteiger charge is -2.07. The van der Waals surface area contributed by atoms with Gasteiger partial charge in [-0.3, -0.25) is 4.79 Å². The number of carbonyl (C=O) groups excluding carboxylic acids is 1. The second-order valence-corrected chi connectivity index (χ2v) is 4.06. The summed E-state index contributed by atoms with van der Waals surface area (Å²) >= 11 is 11.5. The summed E-state index contributed by atoms with van der Waals surface area (Å²) in [7, 11) is 0. The largest absolute Gasteiger partial charge is 0.504 e. The summed E-state index contributed by atoms with van der Waals surface area (Å²) in [5, 5.41) is 12.4. The molecule has 4 nitrogen and oxygen atoms in total. The van der Waals surface area contributed by atoms with Crippen LogP contribution in [0, 0.1) is 0 Å². The highest BCUT2D eigenvalue weighted by Gasteiger charge is 2.13. The molecule has 2 N–H and O–H groups in total. The van der Waals surface area contributed by atoms with Gasteiger partial charge in [-0.1, -0.05) is 23.2 Å². The third kappa shape index (κ3) is 2.54. The molecule has 1 aromatic carbocycles. The maximum absolute atomic E-state index is 11.6. The quantitative estimate of drug-likeness (QED) is 0.822. The second kappa shape index (κ2) is 4.69. The third-order valence-electron chi connectivity index (χ3n) is 2.02. The molecule has 17 heavy (non-hydrogen) atoms. The summed E-state index contributed by atoms with van der Waals surface area (Å²) in [6.07, 6.45) is 1.37. The Bertz CT molecular complexity index is 552. The van der Waals surface area contributed by atoms with Crippen LogP contribution in [0.2, 0.25) is 10.0 Å². The molecule has 2 rings (SSSR count). The molecule has 88 valence electrons. The number of nitrogens with one attached hydrogen (secondary N) is 1. The number of hydrogen-bond acceptors (Lipinski definition) is 3. The van der Waals surface area contributed by atoms with Crippen molar-refractivity contribution in [3.63, 3.8) is 0 Å². The van der Waals surface area contributed by atoms with Crippen LogP contribution in [0.25, 0.3) is 0 Å². The number of carbonyl (C=O) groups is 1. The Kier molecular flexibility index (Phi) is 3.26. The van der Waals surface area contributed by atoms with Gasteiger partial charge in [-0.05, 0) is 24.3 Å². The number of furan rings is 1. The first-order valence-corrected chi connectivity index (χ1v) is 5.36. The van der Waals surface area contributed by atoms with Crippen molar-refractivity contribution >= 4 is 34.8 Å². The number of anilines is 1. The molecule has 0 atom stereocenters. The summed E-state index contributed by atoms with van der Waals surface area (Å²) < 4.78 is 4.91. The fraction of sp³-hybridized carbons (Fsp3) is 0. The number of halogens is 2. The van der Waals surface area contributed by atoms with Gasteiger partial charge in [0.15, 0.2) is 11.5 Å². The molecule has 0 aliphatic carbocycles. The molecule has 0 bridgehead atoms. The second-order valence-electron chi connectivity index (χ2n) is 3.22. The van der Waals surface area contributed by atoms with Gasteiger partial charge in [-0.2, -0.15) is 0 Å². The topological polar surface area (TPSA) is 62.5 Å². The van der Waals surface area contributed by atoms with Crippen LogP contribution < -0.4 is 5.32 Å². The fourth-order valence-corrected chi connectivity index (χ4v) is 1.75. The van der Waals surface area contributed by atoms with Gasteiger partial charge < -0.3 is 14.8 Å². The van der Waals surface area contributed by atoms with Crippen LogP contribution in [0.15, 0.2) is 34.9 Å². The fourth-order valence-electron chi connectivity index (χ4n) is 1.25. The molecule has 0 aliphatic rings. The molecule has 0 saturated heterocycles. The van der Waals surface area contributed by atoms with Crippen molar-refractivity contribution in [2.75, 3.05) is 5.32 Å². The Morgan fingerprint density at radius 3 is 2.76 bits per heavy atom. The molecular weight excluding hydrogens is 265 g/mol. The molecule has 0 unspecified atom stereocenters. The van der Waals surface area contributed by atoms with Crippen LogP contribution in [-0.2, 0) is 0 Å². The molecule has 0 radical (unpaired) electrons. The molecule has 6 heteroatoms. The number of phenols is 1. The van der Waals surface area contributed by atoms with Gasteiger partial charge in [0.1, 0.15) is 0 Å². The summed E-state index contributed by atoms with van der Waals surface area (Å²) in [6, 6.07) is 5.85. The summed E-state index contributed by atoms with van der Waals surface area (Å²) in [5.74, 6) is -0.611. The van der Waals surface area contributed by atoms with Gasteiger partial charge in [-0.15, -0.1) is 0 Å². The number of aromatic hydroxyl groups is 1. The molecule has 1 aromatic heterocycles. The van der Waals surface area contributed by atoms with Gasteiger partial charge in [0.25, 0.3) is 5.91 Å². The minimum absolute atomic E-state index is 0.0623. The Balaban J connectivity index is 2.28. The Hall–Kier alpha value is -1.65. The van der Waals surface area contributed by atoms with E-state index in [1.54, 1.807) is 6.07 Å². The zero-order valence-corrected chi connectivity index (χ0v) is 9.92. The highest BCUT2D eigenvalue weighted by atomic mass is 35.5. The van der Waals surface area contributed by atoms with Crippen molar-refractivity contribution < 1.29 is 14.3 Å². The van der Waals surface area contributed by atoms with Crippen LogP contribution in [0.4, 0.5) is 5.69 Å². The summed E-state index contributed by atoms with van der Waals surface area (Å²) in [6.45, 7) is 0. The summed E-state index contributed by atoms with van der Waals surface area (Å²) in [5.41, 5.74) is 0.129. The van der Waals surface area contributed by atoms with Crippen LogP contribution in [0.3, 0.4) is 0 Å². The van der Waals surface area contributed by atoms with Gasteiger partial charge in [0.2, 0.25) is 0 Å². The molecule has 1 heterocycles. The Labute approximate surface area is 107 Å². The Morgan fingerprint density at radius 2 is 2.12 bits per heavy atom. The predicted molar refractivity (Wildman–Crippen MR) is 64.8 cm³/mol. The maximum Gasteiger partial charge on any atom is 0.291 e.